The van der Waals surface area contributed by atoms with E-state index in [-0.39, 0.29) is 37.8 Å². The lowest BCUT2D eigenvalue weighted by Gasteiger charge is -2.26. The highest BCUT2D eigenvalue weighted by Crippen LogP contribution is 2.41. The van der Waals surface area contributed by atoms with Gasteiger partial charge in [0.25, 0.3) is 5.72 Å². The fraction of sp³-hybridized carbons (Fsp3) is 0.278. The number of benzene rings is 2. The van der Waals surface area contributed by atoms with E-state index in [4.69, 9.17) is 27.9 Å². The number of hydrogen-bond donors (Lipinski definition) is 1. The van der Waals surface area contributed by atoms with Gasteiger partial charge in [0.1, 0.15) is 5.84 Å². The second kappa shape index (κ2) is 7.60. The lowest BCUT2D eigenvalue weighted by atomic mass is 10.1. The van der Waals surface area contributed by atoms with E-state index >= 15 is 0 Å². The number of anilines is 1. The van der Waals surface area contributed by atoms with Crippen LogP contribution in [0, 0.1) is 0 Å². The van der Waals surface area contributed by atoms with Crippen LogP contribution in [0.3, 0.4) is 0 Å². The van der Waals surface area contributed by atoms with Crippen LogP contribution in [-0.2, 0) is 9.84 Å². The number of alkyl halides is 3. The van der Waals surface area contributed by atoms with Crippen LogP contribution in [0.25, 0.3) is 0 Å². The lowest BCUT2D eigenvalue weighted by molar-refractivity contribution is -0.249. The Morgan fingerprint density at radius 2 is 1.70 bits per heavy atom. The fourth-order valence-corrected chi connectivity index (χ4v) is 4.18. The van der Waals surface area contributed by atoms with Gasteiger partial charge in [0.2, 0.25) is 0 Å². The Morgan fingerprint density at radius 3 is 2.13 bits per heavy atom. The van der Waals surface area contributed by atoms with Crippen LogP contribution in [-0.4, -0.2) is 51.2 Å². The van der Waals surface area contributed by atoms with Crippen LogP contribution in [0.1, 0.15) is 5.56 Å². The summed E-state index contributed by atoms with van der Waals surface area (Å²) in [6.45, 7) is -0.939. The van der Waals surface area contributed by atoms with Gasteiger partial charge in [-0.25, -0.2) is 13.4 Å². The fourth-order valence-electron chi connectivity index (χ4n) is 2.91. The standard InChI is InChI=1S/C18H15Cl2F3N2O4S/c1-29-15-13(19)7-10(8-14(15)20)16-24-17(26,18(21,22)23)9-25(16)11-3-5-12(6-4-11)30(2,27)28/h3-8,26H,9H2,1-2H3. The van der Waals surface area contributed by atoms with E-state index in [1.807, 2.05) is 0 Å². The molecule has 1 heterocycles. The Bertz CT molecular complexity index is 1100. The van der Waals surface area contributed by atoms with Crippen LogP contribution in [0.15, 0.2) is 46.3 Å². The summed E-state index contributed by atoms with van der Waals surface area (Å²) in [7, 11) is -2.17. The molecule has 1 unspecified atom stereocenters. The number of amidine groups is 1. The molecule has 0 radical (unpaired) electrons. The monoisotopic (exact) mass is 482 g/mol. The van der Waals surface area contributed by atoms with E-state index in [2.05, 4.69) is 4.99 Å². The van der Waals surface area contributed by atoms with Crippen LogP contribution < -0.4 is 9.64 Å². The molecule has 0 fully saturated rings. The third-order valence-corrected chi connectivity index (χ3v) is 6.11. The maximum absolute atomic E-state index is 13.5. The molecule has 0 saturated heterocycles. The van der Waals surface area contributed by atoms with Gasteiger partial charge in [-0.15, -0.1) is 0 Å². The molecule has 1 N–H and O–H groups in total. The minimum atomic E-state index is -5.06. The van der Waals surface area contributed by atoms with Gasteiger partial charge in [-0.3, -0.25) is 0 Å². The number of halogens is 5. The van der Waals surface area contributed by atoms with Gasteiger partial charge in [-0.05, 0) is 36.4 Å². The normalized spacial score (nSPS) is 19.7. The maximum Gasteiger partial charge on any atom is 0.440 e. The van der Waals surface area contributed by atoms with Crippen molar-refractivity contribution in [2.75, 3.05) is 24.8 Å². The average molecular weight is 483 g/mol. The molecule has 1 aliphatic heterocycles. The van der Waals surface area contributed by atoms with Crippen LogP contribution in [0.5, 0.6) is 5.75 Å². The van der Waals surface area contributed by atoms with Gasteiger partial charge in [-0.2, -0.15) is 13.2 Å². The first-order valence-corrected chi connectivity index (χ1v) is 10.9. The molecule has 0 aromatic heterocycles. The van der Waals surface area contributed by atoms with Crippen LogP contribution in [0.2, 0.25) is 10.0 Å². The van der Waals surface area contributed by atoms with Crippen molar-refractivity contribution < 1.29 is 31.4 Å². The zero-order valence-corrected chi connectivity index (χ0v) is 17.9. The molecular formula is C18H15Cl2F3N2O4S. The predicted molar refractivity (Wildman–Crippen MR) is 107 cm³/mol. The molecule has 0 spiro atoms. The van der Waals surface area contributed by atoms with Crippen molar-refractivity contribution in [2.45, 2.75) is 16.8 Å². The number of aliphatic hydroxyl groups is 1. The van der Waals surface area contributed by atoms with Gasteiger partial charge in [0.15, 0.2) is 15.6 Å². The molecular weight excluding hydrogens is 468 g/mol. The van der Waals surface area contributed by atoms with Gasteiger partial charge in [0.05, 0.1) is 28.6 Å². The lowest BCUT2D eigenvalue weighted by Crippen LogP contribution is -2.47. The summed E-state index contributed by atoms with van der Waals surface area (Å²) >= 11 is 12.2. The average Bonchev–Trinajstić information content (AvgIpc) is 3.00. The number of methoxy groups -OCH3 is 1. The molecule has 30 heavy (non-hydrogen) atoms. The molecule has 1 atom stereocenters. The Morgan fingerprint density at radius 1 is 1.17 bits per heavy atom. The molecule has 2 aromatic carbocycles. The van der Waals surface area contributed by atoms with Gasteiger partial charge in [-0.1, -0.05) is 23.2 Å². The highest BCUT2D eigenvalue weighted by molar-refractivity contribution is 7.90. The maximum atomic E-state index is 13.5. The zero-order chi connectivity index (χ0) is 22.5. The van der Waals surface area contributed by atoms with Crippen molar-refractivity contribution in [3.8, 4) is 5.75 Å². The number of aliphatic imine (C=N–C) groups is 1. The van der Waals surface area contributed by atoms with Gasteiger partial charge >= 0.3 is 6.18 Å². The third kappa shape index (κ3) is 4.09. The molecule has 3 rings (SSSR count). The minimum absolute atomic E-state index is 0.00875. The van der Waals surface area contributed by atoms with Crippen LogP contribution >= 0.6 is 23.2 Å². The number of rotatable bonds is 4. The molecule has 0 aliphatic carbocycles. The van der Waals surface area contributed by atoms with Crippen molar-refractivity contribution in [3.63, 3.8) is 0 Å². The quantitative estimate of drug-likeness (QED) is 0.714. The van der Waals surface area contributed by atoms with Gasteiger partial charge in [0, 0.05) is 17.5 Å². The first-order valence-electron chi connectivity index (χ1n) is 8.27. The molecule has 2 aromatic rings. The van der Waals surface area contributed by atoms with Crippen molar-refractivity contribution in [2.24, 2.45) is 4.99 Å². The second-order valence-electron chi connectivity index (χ2n) is 6.58. The van der Waals surface area contributed by atoms with E-state index < -0.39 is 28.3 Å². The number of sulfone groups is 1. The summed E-state index contributed by atoms with van der Waals surface area (Å²) in [5.74, 6) is -0.107. The summed E-state index contributed by atoms with van der Waals surface area (Å²) in [5, 5.41) is 10.3. The van der Waals surface area contributed by atoms with Crippen LogP contribution in [0.4, 0.5) is 18.9 Å². The summed E-state index contributed by atoms with van der Waals surface area (Å²) in [5.41, 5.74) is -3.08. The number of hydrogen-bond acceptors (Lipinski definition) is 6. The SMILES string of the molecule is COc1c(Cl)cc(C2=NC(O)(C(F)(F)F)CN2c2ccc(S(C)(=O)=O)cc2)cc1Cl. The van der Waals surface area contributed by atoms with E-state index in [1.165, 1.54) is 43.5 Å². The summed E-state index contributed by atoms with van der Waals surface area (Å²) in [6.07, 6.45) is -4.05. The Kier molecular flexibility index (Phi) is 5.74. The number of β-amino-alcohol motifs (C(OH)–C–C–N with tert-alkyl or cyclic N) is 1. The first-order chi connectivity index (χ1) is 13.8. The first kappa shape index (κ1) is 22.7. The smallest absolute Gasteiger partial charge is 0.440 e. The van der Waals surface area contributed by atoms with Crippen molar-refractivity contribution in [1.29, 1.82) is 0 Å². The Hall–Kier alpha value is -2.01. The second-order valence-corrected chi connectivity index (χ2v) is 9.41. The van der Waals surface area contributed by atoms with Crippen molar-refractivity contribution in [3.05, 3.63) is 52.0 Å². The van der Waals surface area contributed by atoms with E-state index in [0.717, 1.165) is 11.2 Å². The zero-order valence-electron chi connectivity index (χ0n) is 15.5. The van der Waals surface area contributed by atoms with Gasteiger partial charge < -0.3 is 14.7 Å². The minimum Gasteiger partial charge on any atom is -0.494 e. The molecule has 6 nitrogen and oxygen atoms in total. The predicted octanol–water partition coefficient (Wildman–Crippen LogP) is 3.92. The van der Waals surface area contributed by atoms with Crippen molar-refractivity contribution in [1.82, 2.24) is 0 Å². The number of ether oxygens (including phenoxy) is 1. The van der Waals surface area contributed by atoms with Crippen molar-refractivity contribution >= 4 is 44.6 Å². The third-order valence-electron chi connectivity index (χ3n) is 4.42. The highest BCUT2D eigenvalue weighted by atomic mass is 35.5. The largest absolute Gasteiger partial charge is 0.494 e. The molecule has 0 bridgehead atoms. The molecule has 0 amide bonds. The highest BCUT2D eigenvalue weighted by Gasteiger charge is 2.59. The summed E-state index contributed by atoms with van der Waals surface area (Å²) in [4.78, 5) is 4.62. The Labute approximate surface area is 180 Å². The molecule has 162 valence electrons. The summed E-state index contributed by atoms with van der Waals surface area (Å²) in [6, 6.07) is 7.76. The molecule has 0 saturated carbocycles. The Balaban J connectivity index is 2.14. The molecule has 12 heteroatoms. The van der Waals surface area contributed by atoms with E-state index in [9.17, 15) is 26.7 Å². The summed E-state index contributed by atoms with van der Waals surface area (Å²) < 4.78 is 68.8. The topological polar surface area (TPSA) is 79.2 Å². The number of nitrogens with zero attached hydrogens (tertiary/aromatic N) is 2. The van der Waals surface area contributed by atoms with E-state index in [0.29, 0.717) is 0 Å². The van der Waals surface area contributed by atoms with E-state index in [1.54, 1.807) is 0 Å². The molecule has 1 aliphatic rings.